The fourth-order valence-corrected chi connectivity index (χ4v) is 3.11. The molecule has 4 rings (SSSR count). The minimum Gasteiger partial charge on any atom is -0.490 e. The highest BCUT2D eigenvalue weighted by molar-refractivity contribution is 6.08. The molecule has 1 atom stereocenters. The number of carbonyl (C=O) groups is 1. The summed E-state index contributed by atoms with van der Waals surface area (Å²) in [6, 6.07) is 21.2. The van der Waals surface area contributed by atoms with Crippen molar-refractivity contribution in [3.05, 3.63) is 78.1 Å². The first kappa shape index (κ1) is 18.7. The molecule has 5 heteroatoms. The van der Waals surface area contributed by atoms with Crippen LogP contribution >= 0.6 is 0 Å². The number of hydrogen-bond acceptors (Lipinski definition) is 4. The highest BCUT2D eigenvalue weighted by atomic mass is 16.5. The fraction of sp³-hybridized carbons (Fsp3) is 0.167. The minimum absolute atomic E-state index is 0.101. The summed E-state index contributed by atoms with van der Waals surface area (Å²) in [4.78, 5) is 12.5. The Morgan fingerprint density at radius 2 is 1.90 bits per heavy atom. The lowest BCUT2D eigenvalue weighted by molar-refractivity contribution is 0.0929. The van der Waals surface area contributed by atoms with E-state index in [1.807, 2.05) is 67.6 Å². The smallest absolute Gasteiger partial charge is 0.307 e. The lowest BCUT2D eigenvalue weighted by atomic mass is 10.1. The van der Waals surface area contributed by atoms with Gasteiger partial charge in [-0.2, -0.15) is 5.10 Å². The molecule has 1 N–H and O–H groups in total. The number of hydrogen-bond donors (Lipinski definition) is 1. The molecule has 0 unspecified atom stereocenters. The summed E-state index contributed by atoms with van der Waals surface area (Å²) in [6.07, 6.45) is 2.58. The molecule has 0 bridgehead atoms. The molecule has 5 nitrogen and oxygen atoms in total. The molecule has 0 aliphatic heterocycles. The first-order chi connectivity index (χ1) is 14.2. The van der Waals surface area contributed by atoms with Gasteiger partial charge >= 0.3 is 5.91 Å². The van der Waals surface area contributed by atoms with E-state index < -0.39 is 5.91 Å². The van der Waals surface area contributed by atoms with E-state index >= 15 is 0 Å². The number of amides is 1. The van der Waals surface area contributed by atoms with Gasteiger partial charge in [-0.25, -0.2) is 5.43 Å². The van der Waals surface area contributed by atoms with Crippen LogP contribution in [-0.2, 0) is 0 Å². The predicted molar refractivity (Wildman–Crippen MR) is 116 cm³/mol. The fourth-order valence-electron chi connectivity index (χ4n) is 3.11. The number of fused-ring (bicyclic) bond motifs is 3. The molecule has 1 amide bonds. The lowest BCUT2D eigenvalue weighted by Gasteiger charge is -2.14. The van der Waals surface area contributed by atoms with E-state index in [9.17, 15) is 4.79 Å². The van der Waals surface area contributed by atoms with Gasteiger partial charge in [0.2, 0.25) is 0 Å². The number of ether oxygens (including phenoxy) is 1. The van der Waals surface area contributed by atoms with Crippen molar-refractivity contribution in [2.75, 3.05) is 0 Å². The number of nitrogens with one attached hydrogen (secondary N) is 1. The van der Waals surface area contributed by atoms with Crippen molar-refractivity contribution in [1.82, 2.24) is 5.43 Å². The summed E-state index contributed by atoms with van der Waals surface area (Å²) in [5, 5.41) is 7.14. The van der Waals surface area contributed by atoms with Crippen LogP contribution in [-0.4, -0.2) is 18.2 Å². The standard InChI is InChI=1S/C24H22N2O3/c1-3-16(2)28-21-11-7-5-9-18(21)15-25-26-24(27)23-14-20-19-10-6-4-8-17(19)12-13-22(20)29-23/h4-16H,3H2,1-2H3,(H,26,27)/b25-15-/t16-/m1/s1. The summed E-state index contributed by atoms with van der Waals surface area (Å²) in [5.41, 5.74) is 4.00. The van der Waals surface area contributed by atoms with Crippen molar-refractivity contribution in [3.8, 4) is 5.75 Å². The Morgan fingerprint density at radius 1 is 1.10 bits per heavy atom. The van der Waals surface area contributed by atoms with Gasteiger partial charge in [0.1, 0.15) is 11.3 Å². The second-order valence-electron chi connectivity index (χ2n) is 6.88. The van der Waals surface area contributed by atoms with Gasteiger partial charge in [0, 0.05) is 10.9 Å². The van der Waals surface area contributed by atoms with Crippen LogP contribution in [0.2, 0.25) is 0 Å². The Labute approximate surface area is 169 Å². The average Bonchev–Trinajstić information content (AvgIpc) is 3.20. The van der Waals surface area contributed by atoms with Gasteiger partial charge < -0.3 is 9.15 Å². The number of rotatable bonds is 6. The zero-order valence-electron chi connectivity index (χ0n) is 16.4. The largest absolute Gasteiger partial charge is 0.490 e. The zero-order valence-corrected chi connectivity index (χ0v) is 16.4. The molecular weight excluding hydrogens is 364 g/mol. The molecule has 146 valence electrons. The van der Waals surface area contributed by atoms with E-state index in [0.29, 0.717) is 5.58 Å². The maximum absolute atomic E-state index is 12.5. The number of furan rings is 1. The van der Waals surface area contributed by atoms with Crippen LogP contribution in [0, 0.1) is 0 Å². The Bertz CT molecular complexity index is 1190. The Morgan fingerprint density at radius 3 is 2.76 bits per heavy atom. The maximum Gasteiger partial charge on any atom is 0.307 e. The molecule has 0 saturated carbocycles. The Balaban J connectivity index is 1.53. The number of para-hydroxylation sites is 1. The van der Waals surface area contributed by atoms with E-state index in [1.165, 1.54) is 0 Å². The normalized spacial score (nSPS) is 12.5. The minimum atomic E-state index is -0.401. The molecule has 0 aliphatic rings. The highest BCUT2D eigenvalue weighted by Gasteiger charge is 2.13. The highest BCUT2D eigenvalue weighted by Crippen LogP contribution is 2.28. The van der Waals surface area contributed by atoms with Crippen LogP contribution in [0.5, 0.6) is 5.75 Å². The van der Waals surface area contributed by atoms with Gasteiger partial charge in [-0.05, 0) is 48.4 Å². The molecule has 4 aromatic rings. The average molecular weight is 386 g/mol. The van der Waals surface area contributed by atoms with Gasteiger partial charge in [-0.3, -0.25) is 4.79 Å². The number of benzene rings is 3. The molecule has 29 heavy (non-hydrogen) atoms. The SMILES string of the molecule is CC[C@@H](C)Oc1ccccc1/C=N\NC(=O)c1cc2c(ccc3ccccc32)o1. The van der Waals surface area contributed by atoms with E-state index in [0.717, 1.165) is 33.9 Å². The Kier molecular flexibility index (Phi) is 5.29. The molecule has 0 fully saturated rings. The Hall–Kier alpha value is -3.60. The summed E-state index contributed by atoms with van der Waals surface area (Å²) < 4.78 is 11.6. The van der Waals surface area contributed by atoms with E-state index in [-0.39, 0.29) is 11.9 Å². The third kappa shape index (κ3) is 3.99. The predicted octanol–water partition coefficient (Wildman–Crippen LogP) is 5.53. The van der Waals surface area contributed by atoms with Crippen molar-refractivity contribution in [2.24, 2.45) is 5.10 Å². The topological polar surface area (TPSA) is 63.8 Å². The maximum atomic E-state index is 12.5. The van der Waals surface area contributed by atoms with Crippen molar-refractivity contribution >= 4 is 33.9 Å². The third-order valence-electron chi connectivity index (χ3n) is 4.84. The monoisotopic (exact) mass is 386 g/mol. The molecule has 1 aromatic heterocycles. The molecule has 1 heterocycles. The van der Waals surface area contributed by atoms with E-state index in [4.69, 9.17) is 9.15 Å². The van der Waals surface area contributed by atoms with Gasteiger partial charge in [-0.1, -0.05) is 49.4 Å². The molecule has 0 spiro atoms. The molecule has 0 aliphatic carbocycles. The number of nitrogens with zero attached hydrogens (tertiary/aromatic N) is 1. The van der Waals surface area contributed by atoms with Crippen LogP contribution in [0.1, 0.15) is 36.4 Å². The lowest BCUT2D eigenvalue weighted by Crippen LogP contribution is -2.17. The molecular formula is C24H22N2O3. The van der Waals surface area contributed by atoms with Gasteiger partial charge in [0.15, 0.2) is 5.76 Å². The van der Waals surface area contributed by atoms with Crippen LogP contribution < -0.4 is 10.2 Å². The van der Waals surface area contributed by atoms with E-state index in [2.05, 4.69) is 17.5 Å². The molecule has 3 aromatic carbocycles. The van der Waals surface area contributed by atoms with Crippen LogP contribution in [0.15, 0.2) is 76.2 Å². The van der Waals surface area contributed by atoms with Crippen LogP contribution in [0.4, 0.5) is 0 Å². The zero-order chi connectivity index (χ0) is 20.2. The quantitative estimate of drug-likeness (QED) is 0.350. The molecule has 0 radical (unpaired) electrons. The van der Waals surface area contributed by atoms with Gasteiger partial charge in [0.05, 0.1) is 12.3 Å². The van der Waals surface area contributed by atoms with Crippen molar-refractivity contribution < 1.29 is 13.9 Å². The van der Waals surface area contributed by atoms with Gasteiger partial charge in [-0.15, -0.1) is 0 Å². The summed E-state index contributed by atoms with van der Waals surface area (Å²) >= 11 is 0. The second kappa shape index (κ2) is 8.19. The third-order valence-corrected chi connectivity index (χ3v) is 4.84. The van der Waals surface area contributed by atoms with Crippen molar-refractivity contribution in [1.29, 1.82) is 0 Å². The van der Waals surface area contributed by atoms with Crippen molar-refractivity contribution in [2.45, 2.75) is 26.4 Å². The number of carbonyl (C=O) groups excluding carboxylic acids is 1. The first-order valence-electron chi connectivity index (χ1n) is 9.66. The summed E-state index contributed by atoms with van der Waals surface area (Å²) in [6.45, 7) is 4.08. The van der Waals surface area contributed by atoms with Crippen LogP contribution in [0.3, 0.4) is 0 Å². The van der Waals surface area contributed by atoms with E-state index in [1.54, 1.807) is 12.3 Å². The summed E-state index contributed by atoms with van der Waals surface area (Å²) in [7, 11) is 0. The molecule has 0 saturated heterocycles. The summed E-state index contributed by atoms with van der Waals surface area (Å²) in [5.74, 6) is 0.551. The second-order valence-corrected chi connectivity index (χ2v) is 6.88. The van der Waals surface area contributed by atoms with Crippen molar-refractivity contribution in [3.63, 3.8) is 0 Å². The number of hydrazone groups is 1. The van der Waals surface area contributed by atoms with Gasteiger partial charge in [0.25, 0.3) is 0 Å². The van der Waals surface area contributed by atoms with Crippen LogP contribution in [0.25, 0.3) is 21.7 Å². The first-order valence-corrected chi connectivity index (χ1v) is 9.66.